The number of likely N-dealkylation sites (tertiary alicyclic amines) is 1. The van der Waals surface area contributed by atoms with Crippen molar-refractivity contribution in [2.45, 2.75) is 36.7 Å². The fourth-order valence-electron chi connectivity index (χ4n) is 3.43. The Morgan fingerprint density at radius 1 is 1.32 bits per heavy atom. The molecule has 3 heterocycles. The Bertz CT molecular complexity index is 953. The van der Waals surface area contributed by atoms with Crippen LogP contribution in [0.4, 0.5) is 14.9 Å². The highest BCUT2D eigenvalue weighted by Crippen LogP contribution is 2.39. The van der Waals surface area contributed by atoms with Crippen molar-refractivity contribution in [3.05, 3.63) is 30.2 Å². The normalized spacial score (nSPS) is 17.9. The monoisotopic (exact) mass is 410 g/mol. The minimum absolute atomic E-state index is 0.139. The van der Waals surface area contributed by atoms with Gasteiger partial charge in [0.2, 0.25) is 14.8 Å². The van der Waals surface area contributed by atoms with Crippen LogP contribution >= 0.6 is 0 Å². The first-order valence-electron chi connectivity index (χ1n) is 8.89. The van der Waals surface area contributed by atoms with Gasteiger partial charge in [-0.05, 0) is 38.8 Å². The number of anilines is 1. The molecule has 1 unspecified atom stereocenters. The molecule has 0 spiro atoms. The quantitative estimate of drug-likeness (QED) is 0.825. The number of carbonyl (C=O) groups is 1. The fraction of sp³-hybridized carbons (Fsp3) is 0.529. The Labute approximate surface area is 162 Å². The van der Waals surface area contributed by atoms with Crippen molar-refractivity contribution in [1.29, 1.82) is 0 Å². The van der Waals surface area contributed by atoms with Crippen molar-refractivity contribution in [2.75, 3.05) is 18.4 Å². The zero-order valence-corrected chi connectivity index (χ0v) is 16.8. The zero-order valence-electron chi connectivity index (χ0n) is 16.0. The molecule has 1 saturated heterocycles. The summed E-state index contributed by atoms with van der Waals surface area (Å²) in [6, 6.07) is 2.65. The van der Waals surface area contributed by atoms with Gasteiger partial charge in [-0.15, -0.1) is 0 Å². The van der Waals surface area contributed by atoms with Gasteiger partial charge < -0.3 is 10.2 Å². The maximum atomic E-state index is 15.5. The van der Waals surface area contributed by atoms with Crippen LogP contribution in [-0.4, -0.2) is 57.4 Å². The van der Waals surface area contributed by atoms with Gasteiger partial charge in [0.25, 0.3) is 0 Å². The first kappa shape index (κ1) is 20.2. The molecular weight excluding hydrogens is 387 g/mol. The van der Waals surface area contributed by atoms with Crippen LogP contribution in [0.5, 0.6) is 0 Å². The number of hydrogen-bond acceptors (Lipinski definition) is 6. The van der Waals surface area contributed by atoms with E-state index in [-0.39, 0.29) is 37.0 Å². The third-order valence-electron chi connectivity index (χ3n) is 5.11. The predicted octanol–water partition coefficient (Wildman–Crippen LogP) is 1.92. The van der Waals surface area contributed by atoms with Gasteiger partial charge in [-0.1, -0.05) is 0 Å². The first-order valence-corrected chi connectivity index (χ1v) is 10.4. The number of sulfone groups is 1. The lowest BCUT2D eigenvalue weighted by atomic mass is 9.92. The average Bonchev–Trinajstić information content (AvgIpc) is 3.01. The van der Waals surface area contributed by atoms with E-state index in [1.165, 1.54) is 35.1 Å². The summed E-state index contributed by atoms with van der Waals surface area (Å²) >= 11 is 0. The molecule has 0 aliphatic carbocycles. The minimum Gasteiger partial charge on any atom is -0.325 e. The second kappa shape index (κ2) is 7.46. The van der Waals surface area contributed by atoms with E-state index in [0.29, 0.717) is 11.4 Å². The third-order valence-corrected chi connectivity index (χ3v) is 7.42. The molecule has 1 aliphatic rings. The van der Waals surface area contributed by atoms with Crippen LogP contribution in [0.3, 0.4) is 0 Å². The molecule has 1 aliphatic heterocycles. The smallest absolute Gasteiger partial charge is 0.321 e. The summed E-state index contributed by atoms with van der Waals surface area (Å²) in [5.41, 5.74) is 1.01. The Morgan fingerprint density at radius 3 is 2.54 bits per heavy atom. The van der Waals surface area contributed by atoms with Crippen molar-refractivity contribution in [2.24, 2.45) is 13.0 Å². The van der Waals surface area contributed by atoms with Crippen molar-refractivity contribution in [3.8, 4) is 0 Å². The van der Waals surface area contributed by atoms with Gasteiger partial charge in [-0.2, -0.15) is 15.3 Å². The van der Waals surface area contributed by atoms with E-state index in [9.17, 15) is 13.2 Å². The van der Waals surface area contributed by atoms with E-state index in [4.69, 9.17) is 0 Å². The van der Waals surface area contributed by atoms with Crippen molar-refractivity contribution >= 4 is 21.6 Å². The van der Waals surface area contributed by atoms with Gasteiger partial charge in [0, 0.05) is 26.1 Å². The number of urea groups is 1. The van der Waals surface area contributed by atoms with Crippen LogP contribution in [-0.2, 0) is 16.9 Å². The summed E-state index contributed by atoms with van der Waals surface area (Å²) in [4.78, 5) is 13.9. The summed E-state index contributed by atoms with van der Waals surface area (Å²) in [5, 5.41) is 11.4. The fourth-order valence-corrected chi connectivity index (χ4v) is 5.23. The van der Waals surface area contributed by atoms with Gasteiger partial charge in [0.15, 0.2) is 5.03 Å². The van der Waals surface area contributed by atoms with Gasteiger partial charge in [-0.3, -0.25) is 4.68 Å². The molecule has 0 bridgehead atoms. The molecule has 2 amide bonds. The molecule has 2 aromatic rings. The molecule has 0 aromatic carbocycles. The number of alkyl halides is 1. The van der Waals surface area contributed by atoms with E-state index >= 15 is 4.39 Å². The van der Waals surface area contributed by atoms with E-state index in [2.05, 4.69) is 20.6 Å². The van der Waals surface area contributed by atoms with Crippen LogP contribution in [0.1, 0.15) is 25.5 Å². The molecule has 0 saturated carbocycles. The number of carbonyl (C=O) groups excluding carboxylic acids is 1. The second-order valence-corrected chi connectivity index (χ2v) is 9.28. The highest BCUT2D eigenvalue weighted by Gasteiger charge is 2.49. The number of rotatable bonds is 4. The van der Waals surface area contributed by atoms with Gasteiger partial charge in [0.05, 0.1) is 23.8 Å². The van der Waals surface area contributed by atoms with E-state index in [1.54, 1.807) is 13.0 Å². The number of halogens is 1. The first-order chi connectivity index (χ1) is 13.1. The number of hydrogen-bond donors (Lipinski definition) is 1. The lowest BCUT2D eigenvalue weighted by Gasteiger charge is -2.37. The summed E-state index contributed by atoms with van der Waals surface area (Å²) in [6.07, 6.45) is 3.36. The molecule has 1 N–H and O–H groups in total. The maximum absolute atomic E-state index is 15.5. The Kier molecular flexibility index (Phi) is 5.37. The summed E-state index contributed by atoms with van der Waals surface area (Å²) in [6.45, 7) is 3.28. The zero-order chi connectivity index (χ0) is 20.5. The molecular formula is C17H23FN6O3S. The van der Waals surface area contributed by atoms with Crippen LogP contribution in [0, 0.1) is 12.8 Å². The second-order valence-electron chi connectivity index (χ2n) is 7.06. The molecule has 11 heteroatoms. The molecule has 0 radical (unpaired) electrons. The molecule has 28 heavy (non-hydrogen) atoms. The number of piperidine rings is 1. The summed E-state index contributed by atoms with van der Waals surface area (Å²) < 4.78 is 42.5. The van der Waals surface area contributed by atoms with Crippen LogP contribution < -0.4 is 5.32 Å². The largest absolute Gasteiger partial charge is 0.325 e. The molecule has 152 valence electrons. The van der Waals surface area contributed by atoms with E-state index in [1.807, 2.05) is 0 Å². The molecule has 3 rings (SSSR count). The standard InChI is InChI=1S/C17H23FN6O3S/c1-12-10-15(23(3)22-12)28(26,27)17(2,18)13-5-8-24(9-6-13)16(25)21-14-4-7-19-20-11-14/h4,7,10-11,13H,5-6,8-9H2,1-3H3,(H,19,21,25). The van der Waals surface area contributed by atoms with Crippen molar-refractivity contribution in [1.82, 2.24) is 24.9 Å². The Balaban J connectivity index is 1.68. The van der Waals surface area contributed by atoms with Crippen LogP contribution in [0.2, 0.25) is 0 Å². The number of aromatic nitrogens is 4. The predicted molar refractivity (Wildman–Crippen MR) is 100.0 cm³/mol. The maximum Gasteiger partial charge on any atom is 0.321 e. The van der Waals surface area contributed by atoms with Gasteiger partial charge in [0.1, 0.15) is 0 Å². The molecule has 9 nitrogen and oxygen atoms in total. The SMILES string of the molecule is Cc1cc(S(=O)(=O)C(C)(F)C2CCN(C(=O)Nc3ccnnc3)CC2)n(C)n1. The Morgan fingerprint density at radius 2 is 2.00 bits per heavy atom. The number of aryl methyl sites for hydroxylation is 2. The summed E-state index contributed by atoms with van der Waals surface area (Å²) in [7, 11) is -2.75. The third kappa shape index (κ3) is 3.71. The highest BCUT2D eigenvalue weighted by molar-refractivity contribution is 7.92. The number of nitrogens with zero attached hydrogens (tertiary/aromatic N) is 5. The average molecular weight is 410 g/mol. The van der Waals surface area contributed by atoms with E-state index < -0.39 is 20.8 Å². The van der Waals surface area contributed by atoms with Crippen molar-refractivity contribution < 1.29 is 17.6 Å². The topological polar surface area (TPSA) is 110 Å². The van der Waals surface area contributed by atoms with Crippen LogP contribution in [0.15, 0.2) is 29.6 Å². The summed E-state index contributed by atoms with van der Waals surface area (Å²) in [5.74, 6) is -0.723. The van der Waals surface area contributed by atoms with Gasteiger partial charge in [-0.25, -0.2) is 17.6 Å². The van der Waals surface area contributed by atoms with E-state index in [0.717, 1.165) is 6.92 Å². The van der Waals surface area contributed by atoms with Gasteiger partial charge >= 0.3 is 6.03 Å². The molecule has 1 fully saturated rings. The number of nitrogens with one attached hydrogen (secondary N) is 1. The molecule has 1 atom stereocenters. The van der Waals surface area contributed by atoms with Crippen molar-refractivity contribution in [3.63, 3.8) is 0 Å². The minimum atomic E-state index is -4.23. The highest BCUT2D eigenvalue weighted by atomic mass is 32.2. The number of amides is 2. The lowest BCUT2D eigenvalue weighted by Crippen LogP contribution is -2.48. The molecule has 2 aromatic heterocycles. The Hall–Kier alpha value is -2.56. The lowest BCUT2D eigenvalue weighted by molar-refractivity contribution is 0.117. The van der Waals surface area contributed by atoms with Crippen LogP contribution in [0.25, 0.3) is 0 Å².